The second-order valence-electron chi connectivity index (χ2n) is 0.408. The fraction of sp³-hybridized carbons (Fsp3) is 0. The molecule has 0 N–H and O–H groups in total. The van der Waals surface area contributed by atoms with E-state index in [1.54, 1.807) is 0 Å². The monoisotopic (exact) mass is 202 g/mol. The molecule has 0 bridgehead atoms. The third-order valence-electron chi connectivity index (χ3n) is 0. The number of hydrogen-bond acceptors (Lipinski definition) is 4. The van der Waals surface area contributed by atoms with Gasteiger partial charge in [-0.25, -0.2) is 0 Å². The van der Waals surface area contributed by atoms with Crippen molar-refractivity contribution in [3.05, 3.63) is 0 Å². The number of rotatable bonds is 0. The van der Waals surface area contributed by atoms with E-state index in [1.807, 2.05) is 0 Å². The van der Waals surface area contributed by atoms with Crippen LogP contribution in [0.1, 0.15) is 0 Å². The Balaban J connectivity index is 0. The molecule has 0 unspecified atom stereocenters. The van der Waals surface area contributed by atoms with Crippen LogP contribution in [0.3, 0.4) is 0 Å². The van der Waals surface area contributed by atoms with Crippen LogP contribution in [0, 0.1) is 0 Å². The summed E-state index contributed by atoms with van der Waals surface area (Å²) < 4.78 is 34.1. The summed E-state index contributed by atoms with van der Waals surface area (Å²) in [7, 11) is -5.17. The minimum atomic E-state index is -5.17. The summed E-state index contributed by atoms with van der Waals surface area (Å²) in [6, 6.07) is 0. The predicted octanol–water partition coefficient (Wildman–Crippen LogP) is -1.34. The molecule has 0 rings (SSSR count). The van der Waals surface area contributed by atoms with Crippen LogP contribution in [0.15, 0.2) is 0 Å². The van der Waals surface area contributed by atoms with Crippen molar-refractivity contribution in [2.24, 2.45) is 0 Å². The summed E-state index contributed by atoms with van der Waals surface area (Å²) in [5, 5.41) is 0. The van der Waals surface area contributed by atoms with Crippen LogP contribution in [0.5, 0.6) is 0 Å². The third kappa shape index (κ3) is 200. The second kappa shape index (κ2) is 2.66. The van der Waals surface area contributed by atoms with Crippen molar-refractivity contribution in [1.82, 2.24) is 0 Å². The molecule has 0 aliphatic heterocycles. The molecule has 40 valence electrons. The third-order valence-corrected chi connectivity index (χ3v) is 0. The SMILES string of the molecule is O=S(=O)([O-])[O-].[Pd+2]. The van der Waals surface area contributed by atoms with Gasteiger partial charge in [0.25, 0.3) is 0 Å². The van der Waals surface area contributed by atoms with E-state index in [4.69, 9.17) is 17.5 Å². The maximum Gasteiger partial charge on any atom is 2.00 e. The van der Waals surface area contributed by atoms with Gasteiger partial charge in [0.1, 0.15) is 0 Å². The largest absolute Gasteiger partial charge is 2.00 e. The zero-order valence-corrected chi connectivity index (χ0v) is 4.73. The molecule has 0 heterocycles. The van der Waals surface area contributed by atoms with Gasteiger partial charge in [0.2, 0.25) is 0 Å². The molecule has 0 aliphatic rings. The first-order valence-corrected chi connectivity index (χ1v) is 2.00. The van der Waals surface area contributed by atoms with Crippen LogP contribution < -0.4 is 0 Å². The molecule has 6 heteroatoms. The van der Waals surface area contributed by atoms with E-state index >= 15 is 0 Å². The van der Waals surface area contributed by atoms with Crippen molar-refractivity contribution >= 4 is 10.4 Å². The summed E-state index contributed by atoms with van der Waals surface area (Å²) >= 11 is 0. The molecular weight excluding hydrogens is 202 g/mol. The molecule has 0 aromatic heterocycles. The Morgan fingerprint density at radius 3 is 1.17 bits per heavy atom. The van der Waals surface area contributed by atoms with Gasteiger partial charge in [-0.1, -0.05) is 0 Å². The topological polar surface area (TPSA) is 80.3 Å². The Morgan fingerprint density at radius 1 is 1.17 bits per heavy atom. The zero-order chi connectivity index (χ0) is 4.50. The predicted molar refractivity (Wildman–Crippen MR) is 10.5 cm³/mol. The van der Waals surface area contributed by atoms with Crippen molar-refractivity contribution in [2.75, 3.05) is 0 Å². The van der Waals surface area contributed by atoms with Crippen molar-refractivity contribution in [3.8, 4) is 0 Å². The zero-order valence-electron chi connectivity index (χ0n) is 2.36. The summed E-state index contributed by atoms with van der Waals surface area (Å²) in [6.07, 6.45) is 0. The fourth-order valence-electron chi connectivity index (χ4n) is 0. The summed E-state index contributed by atoms with van der Waals surface area (Å²) in [5.74, 6) is 0. The Morgan fingerprint density at radius 2 is 1.17 bits per heavy atom. The molecular formula is O4PdS. The first kappa shape index (κ1) is 9.73. The minimum absolute atomic E-state index is 0. The minimum Gasteiger partial charge on any atom is -0.759 e. The van der Waals surface area contributed by atoms with Gasteiger partial charge < -0.3 is 9.11 Å². The van der Waals surface area contributed by atoms with Crippen molar-refractivity contribution in [2.45, 2.75) is 0 Å². The standard InChI is InChI=1S/H2O4S.Pd/c1-5(2,3)4;/h(H2,1,2,3,4);/q;+2/p-2. The molecule has 4 nitrogen and oxygen atoms in total. The molecule has 0 aromatic carbocycles. The fourth-order valence-corrected chi connectivity index (χ4v) is 0. The number of hydrogen-bond donors (Lipinski definition) is 0. The van der Waals surface area contributed by atoms with Gasteiger partial charge >= 0.3 is 20.4 Å². The quantitative estimate of drug-likeness (QED) is 0.277. The molecule has 0 saturated heterocycles. The molecule has 0 radical (unpaired) electrons. The average molecular weight is 202 g/mol. The van der Waals surface area contributed by atoms with E-state index in [1.165, 1.54) is 0 Å². The van der Waals surface area contributed by atoms with Crippen LogP contribution in [-0.2, 0) is 30.8 Å². The van der Waals surface area contributed by atoms with Crippen LogP contribution in [-0.4, -0.2) is 17.5 Å². The molecule has 0 saturated carbocycles. The molecule has 0 aliphatic carbocycles. The molecule has 0 atom stereocenters. The maximum atomic E-state index is 8.52. The Hall–Kier alpha value is 0.532. The Kier molecular flexibility index (Phi) is 4.32. The summed E-state index contributed by atoms with van der Waals surface area (Å²) in [6.45, 7) is 0. The first-order valence-electron chi connectivity index (χ1n) is 0.667. The van der Waals surface area contributed by atoms with Gasteiger partial charge in [0.05, 0.1) is 0 Å². The van der Waals surface area contributed by atoms with Gasteiger partial charge in [-0.05, 0) is 0 Å². The van der Waals surface area contributed by atoms with Crippen LogP contribution in [0.25, 0.3) is 0 Å². The van der Waals surface area contributed by atoms with Gasteiger partial charge in [-0.15, -0.1) is 0 Å². The van der Waals surface area contributed by atoms with Crippen LogP contribution in [0.4, 0.5) is 0 Å². The van der Waals surface area contributed by atoms with Gasteiger partial charge in [0, 0.05) is 10.4 Å². The van der Waals surface area contributed by atoms with Gasteiger partial charge in [-0.3, -0.25) is 8.42 Å². The van der Waals surface area contributed by atoms with E-state index in [0.717, 1.165) is 0 Å². The second-order valence-corrected chi connectivity index (χ2v) is 1.22. The average Bonchev–Trinajstić information content (AvgIpc) is 0.722. The van der Waals surface area contributed by atoms with Crippen molar-refractivity contribution < 1.29 is 37.9 Å². The van der Waals surface area contributed by atoms with Crippen molar-refractivity contribution in [1.29, 1.82) is 0 Å². The van der Waals surface area contributed by atoms with E-state index in [0.29, 0.717) is 0 Å². The molecule has 0 amide bonds. The van der Waals surface area contributed by atoms with E-state index in [9.17, 15) is 0 Å². The van der Waals surface area contributed by atoms with Gasteiger partial charge in [0.15, 0.2) is 0 Å². The molecule has 0 fully saturated rings. The molecule has 6 heavy (non-hydrogen) atoms. The van der Waals surface area contributed by atoms with Crippen LogP contribution in [0.2, 0.25) is 0 Å². The van der Waals surface area contributed by atoms with Crippen molar-refractivity contribution in [3.63, 3.8) is 0 Å². The summed E-state index contributed by atoms with van der Waals surface area (Å²) in [4.78, 5) is 0. The molecule has 0 spiro atoms. The Bertz CT molecular complexity index is 90.7. The van der Waals surface area contributed by atoms with E-state index in [-0.39, 0.29) is 20.4 Å². The Labute approximate surface area is 48.8 Å². The summed E-state index contributed by atoms with van der Waals surface area (Å²) in [5.41, 5.74) is 0. The normalized spacial score (nSPS) is 9.67. The van der Waals surface area contributed by atoms with E-state index < -0.39 is 10.4 Å². The smallest absolute Gasteiger partial charge is 0.759 e. The first-order chi connectivity index (χ1) is 2.00. The molecule has 0 aromatic rings. The van der Waals surface area contributed by atoms with Gasteiger partial charge in [-0.2, -0.15) is 0 Å². The van der Waals surface area contributed by atoms with E-state index in [2.05, 4.69) is 0 Å². The maximum absolute atomic E-state index is 8.52. The van der Waals surface area contributed by atoms with Crippen LogP contribution >= 0.6 is 0 Å².